The second-order valence-corrected chi connectivity index (χ2v) is 6.62. The summed E-state index contributed by atoms with van der Waals surface area (Å²) in [6.45, 7) is 9.98. The Labute approximate surface area is 123 Å². The van der Waals surface area contributed by atoms with E-state index < -0.39 is 0 Å². The molecule has 0 aliphatic heterocycles. The number of benzene rings is 1. The van der Waals surface area contributed by atoms with Crippen molar-refractivity contribution in [2.45, 2.75) is 39.5 Å². The van der Waals surface area contributed by atoms with Gasteiger partial charge < -0.3 is 9.80 Å². The van der Waals surface area contributed by atoms with Crippen LogP contribution < -0.4 is 4.90 Å². The van der Waals surface area contributed by atoms with Gasteiger partial charge in [-0.05, 0) is 50.2 Å². The first-order valence-electron chi connectivity index (χ1n) is 7.25. The molecule has 1 amide bonds. The summed E-state index contributed by atoms with van der Waals surface area (Å²) < 4.78 is 0. The van der Waals surface area contributed by atoms with Crippen molar-refractivity contribution < 1.29 is 4.79 Å². The molecule has 0 N–H and O–H groups in total. The summed E-state index contributed by atoms with van der Waals surface area (Å²) in [6.07, 6.45) is 0.980. The van der Waals surface area contributed by atoms with Crippen LogP contribution in [0.5, 0.6) is 0 Å². The van der Waals surface area contributed by atoms with Gasteiger partial charge in [-0.25, -0.2) is 0 Å². The van der Waals surface area contributed by atoms with Crippen LogP contribution in [0, 0.1) is 0 Å². The maximum atomic E-state index is 11.8. The Bertz CT molecular complexity index is 429. The van der Waals surface area contributed by atoms with Crippen LogP contribution in [0.4, 0.5) is 5.69 Å². The van der Waals surface area contributed by atoms with E-state index in [0.29, 0.717) is 0 Å². The van der Waals surface area contributed by atoms with E-state index in [-0.39, 0.29) is 11.3 Å². The predicted molar refractivity (Wildman–Crippen MR) is 86.3 cm³/mol. The van der Waals surface area contributed by atoms with Gasteiger partial charge in [0.1, 0.15) is 0 Å². The Morgan fingerprint density at radius 3 is 2.00 bits per heavy atom. The molecule has 3 nitrogen and oxygen atoms in total. The molecule has 0 aliphatic carbocycles. The van der Waals surface area contributed by atoms with Crippen LogP contribution in [0.1, 0.15) is 39.7 Å². The third-order valence-corrected chi connectivity index (χ3v) is 3.41. The topological polar surface area (TPSA) is 23.6 Å². The first-order valence-corrected chi connectivity index (χ1v) is 7.25. The predicted octanol–water partition coefficient (Wildman–Crippen LogP) is 3.29. The summed E-state index contributed by atoms with van der Waals surface area (Å²) in [5, 5.41) is 0. The molecular formula is C17H28N2O. The highest BCUT2D eigenvalue weighted by molar-refractivity contribution is 5.91. The average Bonchev–Trinajstić information content (AvgIpc) is 2.33. The summed E-state index contributed by atoms with van der Waals surface area (Å²) in [7, 11) is 4.10. The first-order chi connectivity index (χ1) is 9.21. The van der Waals surface area contributed by atoms with Crippen LogP contribution >= 0.6 is 0 Å². The van der Waals surface area contributed by atoms with Crippen molar-refractivity contribution in [1.29, 1.82) is 0 Å². The van der Waals surface area contributed by atoms with Crippen molar-refractivity contribution in [3.05, 3.63) is 29.8 Å². The van der Waals surface area contributed by atoms with Crippen LogP contribution in [0.2, 0.25) is 0 Å². The summed E-state index contributed by atoms with van der Waals surface area (Å²) in [4.78, 5) is 15.8. The normalized spacial score (nSPS) is 11.8. The van der Waals surface area contributed by atoms with E-state index in [1.807, 2.05) is 4.90 Å². The maximum absolute atomic E-state index is 11.8. The van der Waals surface area contributed by atoms with E-state index in [2.05, 4.69) is 64.0 Å². The van der Waals surface area contributed by atoms with Gasteiger partial charge in [-0.1, -0.05) is 32.9 Å². The molecular weight excluding hydrogens is 248 g/mol. The fraction of sp³-hybridized carbons (Fsp3) is 0.588. The van der Waals surface area contributed by atoms with Crippen molar-refractivity contribution in [2.75, 3.05) is 32.1 Å². The molecule has 3 heteroatoms. The van der Waals surface area contributed by atoms with Gasteiger partial charge in [0.2, 0.25) is 5.91 Å². The Balaban J connectivity index is 2.80. The van der Waals surface area contributed by atoms with Gasteiger partial charge in [-0.3, -0.25) is 4.79 Å². The highest BCUT2D eigenvalue weighted by Crippen LogP contribution is 2.25. The average molecular weight is 276 g/mol. The van der Waals surface area contributed by atoms with Gasteiger partial charge >= 0.3 is 0 Å². The molecule has 0 aromatic heterocycles. The summed E-state index contributed by atoms with van der Waals surface area (Å²) in [5.41, 5.74) is 2.42. The number of hydrogen-bond donors (Lipinski definition) is 0. The Morgan fingerprint density at radius 2 is 1.60 bits per heavy atom. The van der Waals surface area contributed by atoms with Gasteiger partial charge in [0, 0.05) is 19.2 Å². The number of anilines is 1. The lowest BCUT2D eigenvalue weighted by Gasteiger charge is -2.24. The lowest BCUT2D eigenvalue weighted by Crippen LogP contribution is -2.31. The zero-order valence-electron chi connectivity index (χ0n) is 13.7. The van der Waals surface area contributed by atoms with Gasteiger partial charge in [0.05, 0.1) is 0 Å². The van der Waals surface area contributed by atoms with E-state index in [9.17, 15) is 4.79 Å². The molecule has 20 heavy (non-hydrogen) atoms. The van der Waals surface area contributed by atoms with Gasteiger partial charge in [-0.2, -0.15) is 0 Å². The number of amides is 1. The molecule has 0 heterocycles. The second kappa shape index (κ2) is 6.89. The number of nitrogens with zero attached hydrogens (tertiary/aromatic N) is 2. The second-order valence-electron chi connectivity index (χ2n) is 6.62. The third kappa shape index (κ3) is 4.97. The van der Waals surface area contributed by atoms with E-state index in [0.717, 1.165) is 25.2 Å². The SMILES string of the molecule is CC(=O)N(CCCN(C)C)c1ccc(C(C)(C)C)cc1. The number of carbonyl (C=O) groups is 1. The molecule has 1 rings (SSSR count). The van der Waals surface area contributed by atoms with Crippen LogP contribution in [0.3, 0.4) is 0 Å². The molecule has 0 bridgehead atoms. The molecule has 0 aliphatic rings. The Morgan fingerprint density at radius 1 is 1.05 bits per heavy atom. The highest BCUT2D eigenvalue weighted by atomic mass is 16.2. The summed E-state index contributed by atoms with van der Waals surface area (Å²) in [6, 6.07) is 8.35. The Kier molecular flexibility index (Phi) is 5.75. The van der Waals surface area contributed by atoms with E-state index >= 15 is 0 Å². The molecule has 1 aromatic carbocycles. The standard InChI is InChI=1S/C17H28N2O/c1-14(20)19(13-7-12-18(5)6)16-10-8-15(9-11-16)17(2,3)4/h8-11H,7,12-13H2,1-6H3. The molecule has 1 aromatic rings. The maximum Gasteiger partial charge on any atom is 0.223 e. The van der Waals surface area contributed by atoms with E-state index in [4.69, 9.17) is 0 Å². The zero-order valence-corrected chi connectivity index (χ0v) is 13.7. The summed E-state index contributed by atoms with van der Waals surface area (Å²) in [5.74, 6) is 0.104. The Hall–Kier alpha value is -1.35. The minimum atomic E-state index is 0.104. The van der Waals surface area contributed by atoms with Crippen LogP contribution in [0.15, 0.2) is 24.3 Å². The molecule has 0 saturated heterocycles. The quantitative estimate of drug-likeness (QED) is 0.824. The minimum absolute atomic E-state index is 0.104. The van der Waals surface area contributed by atoms with Crippen LogP contribution in [-0.4, -0.2) is 38.0 Å². The number of rotatable bonds is 5. The van der Waals surface area contributed by atoms with Crippen LogP contribution in [0.25, 0.3) is 0 Å². The lowest BCUT2D eigenvalue weighted by atomic mass is 9.87. The van der Waals surface area contributed by atoms with Gasteiger partial charge in [0.25, 0.3) is 0 Å². The third-order valence-electron chi connectivity index (χ3n) is 3.41. The molecule has 0 saturated carbocycles. The largest absolute Gasteiger partial charge is 0.313 e. The fourth-order valence-electron chi connectivity index (χ4n) is 2.15. The number of hydrogen-bond acceptors (Lipinski definition) is 2. The van der Waals surface area contributed by atoms with Gasteiger partial charge in [-0.15, -0.1) is 0 Å². The van der Waals surface area contributed by atoms with Crippen molar-refractivity contribution >= 4 is 11.6 Å². The molecule has 112 valence electrons. The minimum Gasteiger partial charge on any atom is -0.313 e. The monoisotopic (exact) mass is 276 g/mol. The molecule has 0 atom stereocenters. The molecule has 0 radical (unpaired) electrons. The molecule has 0 fully saturated rings. The van der Waals surface area contributed by atoms with Crippen molar-refractivity contribution in [1.82, 2.24) is 4.90 Å². The number of carbonyl (C=O) groups excluding carboxylic acids is 1. The fourth-order valence-corrected chi connectivity index (χ4v) is 2.15. The van der Waals surface area contributed by atoms with Crippen molar-refractivity contribution in [2.24, 2.45) is 0 Å². The molecule has 0 unspecified atom stereocenters. The van der Waals surface area contributed by atoms with Crippen molar-refractivity contribution in [3.63, 3.8) is 0 Å². The summed E-state index contributed by atoms with van der Waals surface area (Å²) >= 11 is 0. The van der Waals surface area contributed by atoms with E-state index in [1.54, 1.807) is 6.92 Å². The van der Waals surface area contributed by atoms with E-state index in [1.165, 1.54) is 5.56 Å². The first kappa shape index (κ1) is 16.7. The van der Waals surface area contributed by atoms with Gasteiger partial charge in [0.15, 0.2) is 0 Å². The smallest absolute Gasteiger partial charge is 0.223 e. The lowest BCUT2D eigenvalue weighted by molar-refractivity contribution is -0.116. The van der Waals surface area contributed by atoms with Crippen LogP contribution in [-0.2, 0) is 10.2 Å². The highest BCUT2D eigenvalue weighted by Gasteiger charge is 2.15. The van der Waals surface area contributed by atoms with Crippen molar-refractivity contribution in [3.8, 4) is 0 Å². The molecule has 0 spiro atoms. The zero-order chi connectivity index (χ0) is 15.3.